The lowest BCUT2D eigenvalue weighted by Gasteiger charge is -2.10. The van der Waals surface area contributed by atoms with Crippen molar-refractivity contribution in [3.05, 3.63) is 70.5 Å². The summed E-state index contributed by atoms with van der Waals surface area (Å²) in [5.74, 6) is 0.270. The Hall–Kier alpha value is -3.79. The number of rotatable bonds is 4. The fraction of sp³-hybridized carbons (Fsp3) is 0.130. The van der Waals surface area contributed by atoms with E-state index in [4.69, 9.17) is 4.98 Å². The molecule has 168 valence electrons. The van der Waals surface area contributed by atoms with Gasteiger partial charge >= 0.3 is 12.1 Å². The first-order chi connectivity index (χ1) is 15.7. The quantitative estimate of drug-likeness (QED) is 0.374. The molecule has 0 aliphatic rings. The summed E-state index contributed by atoms with van der Waals surface area (Å²) in [6.45, 7) is 0. The molecule has 0 aliphatic heterocycles. The van der Waals surface area contributed by atoms with E-state index in [1.165, 1.54) is 29.5 Å². The van der Waals surface area contributed by atoms with Crippen LogP contribution in [-0.4, -0.2) is 25.5 Å². The first-order valence-corrected chi connectivity index (χ1v) is 10.7. The number of imidazole rings is 2. The average Bonchev–Trinajstić information content (AvgIpc) is 3.49. The van der Waals surface area contributed by atoms with Crippen LogP contribution < -0.4 is 10.4 Å². The number of alkyl halides is 3. The molecule has 0 bridgehead atoms. The van der Waals surface area contributed by atoms with Gasteiger partial charge in [-0.05, 0) is 35.7 Å². The molecule has 3 heterocycles. The molecule has 10 heteroatoms. The van der Waals surface area contributed by atoms with Crippen molar-refractivity contribution in [3.8, 4) is 39.0 Å². The minimum absolute atomic E-state index is 0.150. The number of hydrogen-bond acceptors (Lipinski definition) is 4. The number of aromatic amines is 1. The molecule has 0 fully saturated rings. The summed E-state index contributed by atoms with van der Waals surface area (Å²) in [4.78, 5) is 21.2. The highest BCUT2D eigenvalue weighted by atomic mass is 32.1. The molecular formula is C23H17F3N4O2S. The van der Waals surface area contributed by atoms with Crippen LogP contribution >= 0.6 is 11.3 Å². The van der Waals surface area contributed by atoms with Gasteiger partial charge in [0, 0.05) is 25.2 Å². The molecule has 0 spiro atoms. The normalized spacial score (nSPS) is 11.9. The predicted molar refractivity (Wildman–Crippen MR) is 121 cm³/mol. The Morgan fingerprint density at radius 3 is 2.48 bits per heavy atom. The Morgan fingerprint density at radius 2 is 1.76 bits per heavy atom. The lowest BCUT2D eigenvalue weighted by Crippen LogP contribution is -2.19. The summed E-state index contributed by atoms with van der Waals surface area (Å²) in [6, 6.07) is 15.1. The Kier molecular flexibility index (Phi) is 4.89. The number of halogens is 3. The third-order valence-electron chi connectivity index (χ3n) is 5.36. The third kappa shape index (κ3) is 3.82. The van der Waals surface area contributed by atoms with Crippen LogP contribution in [0, 0.1) is 0 Å². The molecule has 0 radical (unpaired) electrons. The lowest BCUT2D eigenvalue weighted by atomic mass is 10.0. The van der Waals surface area contributed by atoms with Gasteiger partial charge in [0.05, 0.1) is 27.3 Å². The van der Waals surface area contributed by atoms with Gasteiger partial charge in [-0.15, -0.1) is 24.5 Å². The van der Waals surface area contributed by atoms with Crippen LogP contribution in [0.4, 0.5) is 13.2 Å². The Morgan fingerprint density at radius 1 is 0.970 bits per heavy atom. The molecule has 5 aromatic rings. The van der Waals surface area contributed by atoms with Crippen LogP contribution in [-0.2, 0) is 14.1 Å². The average molecular weight is 470 g/mol. The third-order valence-corrected chi connectivity index (χ3v) is 6.24. The van der Waals surface area contributed by atoms with Crippen LogP contribution in [0.2, 0.25) is 0 Å². The fourth-order valence-electron chi connectivity index (χ4n) is 3.82. The highest BCUT2D eigenvalue weighted by molar-refractivity contribution is 7.13. The fourth-order valence-corrected chi connectivity index (χ4v) is 4.49. The number of ether oxygens (including phenoxy) is 1. The van der Waals surface area contributed by atoms with Crippen molar-refractivity contribution >= 4 is 22.4 Å². The molecule has 33 heavy (non-hydrogen) atoms. The number of thiophene rings is 1. The van der Waals surface area contributed by atoms with Gasteiger partial charge in [0.15, 0.2) is 0 Å². The predicted octanol–water partition coefficient (Wildman–Crippen LogP) is 5.56. The van der Waals surface area contributed by atoms with E-state index in [0.29, 0.717) is 22.8 Å². The van der Waals surface area contributed by atoms with Crippen molar-refractivity contribution in [2.75, 3.05) is 0 Å². The Bertz CT molecular complexity index is 1530. The molecule has 0 atom stereocenters. The van der Waals surface area contributed by atoms with Gasteiger partial charge in [0.1, 0.15) is 11.6 Å². The number of nitrogens with zero attached hydrogens (tertiary/aromatic N) is 3. The van der Waals surface area contributed by atoms with Crippen molar-refractivity contribution in [1.29, 1.82) is 0 Å². The van der Waals surface area contributed by atoms with Gasteiger partial charge in [0.25, 0.3) is 0 Å². The van der Waals surface area contributed by atoms with Gasteiger partial charge in [-0.3, -0.25) is 9.13 Å². The van der Waals surface area contributed by atoms with Crippen LogP contribution in [0.3, 0.4) is 0 Å². The molecule has 2 aromatic carbocycles. The van der Waals surface area contributed by atoms with Gasteiger partial charge in [-0.1, -0.05) is 24.3 Å². The summed E-state index contributed by atoms with van der Waals surface area (Å²) in [5.41, 5.74) is 3.66. The Balaban J connectivity index is 1.70. The number of hydrogen-bond donors (Lipinski definition) is 1. The summed E-state index contributed by atoms with van der Waals surface area (Å²) in [5, 5.41) is 1.92. The molecular weight excluding hydrogens is 453 g/mol. The van der Waals surface area contributed by atoms with E-state index in [9.17, 15) is 18.0 Å². The number of benzene rings is 2. The highest BCUT2D eigenvalue weighted by Crippen LogP contribution is 2.37. The molecule has 6 nitrogen and oxygen atoms in total. The summed E-state index contributed by atoms with van der Waals surface area (Å²) < 4.78 is 45.5. The highest BCUT2D eigenvalue weighted by Gasteiger charge is 2.31. The number of aromatic nitrogens is 4. The van der Waals surface area contributed by atoms with Gasteiger partial charge in [0.2, 0.25) is 0 Å². The molecule has 5 rings (SSSR count). The maximum absolute atomic E-state index is 12.8. The van der Waals surface area contributed by atoms with Gasteiger partial charge < -0.3 is 9.72 Å². The number of H-pyrrole nitrogens is 1. The van der Waals surface area contributed by atoms with Crippen molar-refractivity contribution in [2.45, 2.75) is 6.36 Å². The summed E-state index contributed by atoms with van der Waals surface area (Å²) >= 11 is 1.49. The lowest BCUT2D eigenvalue weighted by molar-refractivity contribution is -0.274. The minimum atomic E-state index is -4.79. The van der Waals surface area contributed by atoms with E-state index >= 15 is 0 Å². The van der Waals surface area contributed by atoms with E-state index < -0.39 is 6.36 Å². The van der Waals surface area contributed by atoms with Crippen LogP contribution in [0.1, 0.15) is 0 Å². The second-order valence-electron chi connectivity index (χ2n) is 7.47. The maximum Gasteiger partial charge on any atom is 0.573 e. The van der Waals surface area contributed by atoms with E-state index in [1.54, 1.807) is 29.3 Å². The largest absolute Gasteiger partial charge is 0.573 e. The van der Waals surface area contributed by atoms with Crippen molar-refractivity contribution < 1.29 is 17.9 Å². The molecule has 0 saturated carbocycles. The molecule has 1 N–H and O–H groups in total. The Labute approximate surface area is 189 Å². The zero-order valence-electron chi connectivity index (χ0n) is 17.5. The number of aryl methyl sites for hydroxylation is 2. The zero-order valence-corrected chi connectivity index (χ0v) is 18.3. The molecule has 0 amide bonds. The van der Waals surface area contributed by atoms with E-state index in [2.05, 4.69) is 9.72 Å². The van der Waals surface area contributed by atoms with Crippen LogP contribution in [0.5, 0.6) is 5.75 Å². The zero-order chi connectivity index (χ0) is 23.3. The maximum atomic E-state index is 12.8. The first kappa shape index (κ1) is 21.1. The van der Waals surface area contributed by atoms with E-state index in [-0.39, 0.29) is 11.4 Å². The number of nitrogens with one attached hydrogen (secondary N) is 1. The van der Waals surface area contributed by atoms with Crippen molar-refractivity contribution in [3.63, 3.8) is 0 Å². The molecule has 0 saturated heterocycles. The molecule has 0 aliphatic carbocycles. The second kappa shape index (κ2) is 7.66. The first-order valence-electron chi connectivity index (χ1n) is 9.87. The topological polar surface area (TPSA) is 64.8 Å². The number of fused-ring (bicyclic) bond motifs is 1. The van der Waals surface area contributed by atoms with E-state index in [1.807, 2.05) is 35.7 Å². The minimum Gasteiger partial charge on any atom is -0.406 e. The van der Waals surface area contributed by atoms with E-state index in [0.717, 1.165) is 21.5 Å². The summed E-state index contributed by atoms with van der Waals surface area (Å²) in [7, 11) is 3.39. The van der Waals surface area contributed by atoms with Crippen LogP contribution in [0.25, 0.3) is 44.2 Å². The second-order valence-corrected chi connectivity index (χ2v) is 8.41. The SMILES string of the molecule is Cn1c(=O)n(C)c2cc(-c3[nH]c(-c4cccs4)nc3-c3cccc(OC(F)(F)F)c3)ccc21. The standard InChI is InChI=1S/C23H17F3N4O2S/c1-29-16-9-8-14(12-17(16)30(2)22(29)31)20-19(27-21(28-20)18-7-4-10-33-18)13-5-3-6-15(11-13)32-23(24,25)26/h3-12H,1-2H3,(H,27,28). The van der Waals surface area contributed by atoms with Crippen molar-refractivity contribution in [2.24, 2.45) is 14.1 Å². The van der Waals surface area contributed by atoms with Gasteiger partial charge in [-0.25, -0.2) is 9.78 Å². The van der Waals surface area contributed by atoms with Crippen LogP contribution in [0.15, 0.2) is 64.8 Å². The molecule has 3 aromatic heterocycles. The monoisotopic (exact) mass is 470 g/mol. The summed E-state index contributed by atoms with van der Waals surface area (Å²) in [6.07, 6.45) is -4.79. The van der Waals surface area contributed by atoms with Crippen molar-refractivity contribution in [1.82, 2.24) is 19.1 Å². The van der Waals surface area contributed by atoms with Gasteiger partial charge in [-0.2, -0.15) is 0 Å². The molecule has 0 unspecified atom stereocenters. The smallest absolute Gasteiger partial charge is 0.406 e.